The minimum atomic E-state index is -0.0276. The summed E-state index contributed by atoms with van der Waals surface area (Å²) in [5.74, 6) is -0.0276. The Morgan fingerprint density at radius 2 is 2.11 bits per heavy atom. The van der Waals surface area contributed by atoms with Crippen LogP contribution in [0.1, 0.15) is 28.9 Å². The lowest BCUT2D eigenvalue weighted by Gasteiger charge is -2.32. The lowest BCUT2D eigenvalue weighted by molar-refractivity contribution is -0.0303. The van der Waals surface area contributed by atoms with Gasteiger partial charge in [-0.15, -0.1) is 0 Å². The highest BCUT2D eigenvalue weighted by atomic mass is 16.5. The number of nitrogens with zero attached hydrogens (tertiary/aromatic N) is 2. The van der Waals surface area contributed by atoms with Gasteiger partial charge in [0.2, 0.25) is 0 Å². The zero-order chi connectivity index (χ0) is 12.7. The lowest BCUT2D eigenvalue weighted by Crippen LogP contribution is -2.46. The zero-order valence-electron chi connectivity index (χ0n) is 10.4. The molecule has 2 aliphatic rings. The van der Waals surface area contributed by atoms with Crippen LogP contribution in [0.5, 0.6) is 0 Å². The number of ether oxygens (including phenoxy) is 1. The van der Waals surface area contributed by atoms with E-state index >= 15 is 0 Å². The van der Waals surface area contributed by atoms with Gasteiger partial charge in [-0.3, -0.25) is 9.78 Å². The Labute approximate surface area is 106 Å². The van der Waals surface area contributed by atoms with Crippen LogP contribution in [-0.4, -0.2) is 41.1 Å². The first-order valence-corrected chi connectivity index (χ1v) is 6.30. The van der Waals surface area contributed by atoms with Gasteiger partial charge >= 0.3 is 0 Å². The molecule has 3 heterocycles. The Morgan fingerprint density at radius 1 is 1.44 bits per heavy atom. The lowest BCUT2D eigenvalue weighted by atomic mass is 10.1. The number of carbonyl (C=O) groups excluding carboxylic acids is 1. The number of aromatic nitrogens is 1. The minimum Gasteiger partial charge on any atom is -0.398 e. The van der Waals surface area contributed by atoms with E-state index in [1.165, 1.54) is 0 Å². The first-order valence-electron chi connectivity index (χ1n) is 6.30. The van der Waals surface area contributed by atoms with E-state index in [4.69, 9.17) is 10.5 Å². The molecule has 2 fully saturated rings. The largest absolute Gasteiger partial charge is 0.398 e. The van der Waals surface area contributed by atoms with Crippen molar-refractivity contribution in [2.24, 2.45) is 0 Å². The molecule has 5 heteroatoms. The molecule has 0 spiro atoms. The fraction of sp³-hybridized carbons (Fsp3) is 0.538. The summed E-state index contributed by atoms with van der Waals surface area (Å²) in [7, 11) is 0. The van der Waals surface area contributed by atoms with Gasteiger partial charge in [-0.25, -0.2) is 0 Å². The number of nitrogens with two attached hydrogens (primary N) is 1. The Bertz CT molecular complexity index is 477. The molecule has 96 valence electrons. The maximum absolute atomic E-state index is 12.4. The van der Waals surface area contributed by atoms with E-state index in [-0.39, 0.29) is 18.1 Å². The maximum atomic E-state index is 12.4. The van der Waals surface area contributed by atoms with Gasteiger partial charge in [-0.2, -0.15) is 0 Å². The van der Waals surface area contributed by atoms with Gasteiger partial charge in [0.15, 0.2) is 0 Å². The van der Waals surface area contributed by atoms with Crippen molar-refractivity contribution in [2.75, 3.05) is 18.8 Å². The quantitative estimate of drug-likeness (QED) is 0.803. The summed E-state index contributed by atoms with van der Waals surface area (Å²) in [5.41, 5.74) is 7.73. The summed E-state index contributed by atoms with van der Waals surface area (Å²) in [6, 6.07) is 1.74. The number of likely N-dealkylation sites (tertiary alicyclic amines) is 1. The number of hydrogen-bond donors (Lipinski definition) is 1. The van der Waals surface area contributed by atoms with Crippen molar-refractivity contribution in [2.45, 2.75) is 32.0 Å². The molecule has 0 aliphatic carbocycles. The smallest absolute Gasteiger partial charge is 0.257 e. The van der Waals surface area contributed by atoms with Gasteiger partial charge in [0, 0.05) is 30.7 Å². The summed E-state index contributed by atoms with van der Waals surface area (Å²) in [6.45, 7) is 3.20. The van der Waals surface area contributed by atoms with Crippen LogP contribution in [0.15, 0.2) is 12.3 Å². The number of anilines is 1. The maximum Gasteiger partial charge on any atom is 0.257 e. The standard InChI is InChI=1S/C13H17N3O2/c1-8-4-12(14)11(5-15-8)13(17)16-6-9-2-3-10(7-16)18-9/h4-5,9-10H,2-3,6-7H2,1H3,(H2,14,15). The fourth-order valence-corrected chi connectivity index (χ4v) is 2.71. The van der Waals surface area contributed by atoms with Crippen LogP contribution in [-0.2, 0) is 4.74 Å². The molecule has 2 bridgehead atoms. The van der Waals surface area contributed by atoms with Crippen LogP contribution in [0, 0.1) is 6.92 Å². The molecule has 0 aromatic carbocycles. The molecule has 3 rings (SSSR count). The fourth-order valence-electron chi connectivity index (χ4n) is 2.71. The molecule has 5 nitrogen and oxygen atoms in total. The predicted molar refractivity (Wildman–Crippen MR) is 67.2 cm³/mol. The number of pyridine rings is 1. The average Bonchev–Trinajstić information content (AvgIpc) is 2.67. The monoisotopic (exact) mass is 247 g/mol. The first-order chi connectivity index (χ1) is 8.63. The molecule has 2 unspecified atom stereocenters. The van der Waals surface area contributed by atoms with Crippen molar-refractivity contribution < 1.29 is 9.53 Å². The van der Waals surface area contributed by atoms with Crippen molar-refractivity contribution in [1.82, 2.24) is 9.88 Å². The predicted octanol–water partition coefficient (Wildman–Crippen LogP) is 0.976. The van der Waals surface area contributed by atoms with Gasteiger partial charge in [0.05, 0.1) is 17.8 Å². The number of morpholine rings is 1. The van der Waals surface area contributed by atoms with Crippen LogP contribution in [0.2, 0.25) is 0 Å². The van der Waals surface area contributed by atoms with Crippen molar-refractivity contribution in [3.63, 3.8) is 0 Å². The Kier molecular flexibility index (Phi) is 2.70. The Balaban J connectivity index is 1.82. The molecule has 18 heavy (non-hydrogen) atoms. The average molecular weight is 247 g/mol. The molecule has 1 amide bonds. The second-order valence-corrected chi connectivity index (χ2v) is 5.08. The van der Waals surface area contributed by atoms with Gasteiger partial charge < -0.3 is 15.4 Å². The number of aryl methyl sites for hydroxylation is 1. The van der Waals surface area contributed by atoms with E-state index in [1.54, 1.807) is 12.3 Å². The molecular weight excluding hydrogens is 230 g/mol. The second-order valence-electron chi connectivity index (χ2n) is 5.08. The molecule has 0 saturated carbocycles. The van der Waals surface area contributed by atoms with Crippen LogP contribution < -0.4 is 5.73 Å². The topological polar surface area (TPSA) is 68.5 Å². The van der Waals surface area contributed by atoms with Gasteiger partial charge in [-0.1, -0.05) is 0 Å². The van der Waals surface area contributed by atoms with Crippen molar-refractivity contribution in [1.29, 1.82) is 0 Å². The number of carbonyl (C=O) groups is 1. The van der Waals surface area contributed by atoms with Crippen molar-refractivity contribution in [3.05, 3.63) is 23.5 Å². The number of amides is 1. The highest BCUT2D eigenvalue weighted by Gasteiger charge is 2.36. The third kappa shape index (κ3) is 1.95. The third-order valence-corrected chi connectivity index (χ3v) is 3.63. The molecule has 2 atom stereocenters. The summed E-state index contributed by atoms with van der Waals surface area (Å²) < 4.78 is 5.72. The summed E-state index contributed by atoms with van der Waals surface area (Å²) in [6.07, 6.45) is 4.08. The van der Waals surface area contributed by atoms with E-state index in [1.807, 2.05) is 11.8 Å². The van der Waals surface area contributed by atoms with E-state index in [9.17, 15) is 4.79 Å². The van der Waals surface area contributed by atoms with E-state index in [0.717, 1.165) is 18.5 Å². The van der Waals surface area contributed by atoms with Crippen LogP contribution in [0.25, 0.3) is 0 Å². The minimum absolute atomic E-state index is 0.0276. The number of nitrogen functional groups attached to an aromatic ring is 1. The highest BCUT2D eigenvalue weighted by molar-refractivity contribution is 5.98. The molecule has 2 saturated heterocycles. The van der Waals surface area contributed by atoms with E-state index in [0.29, 0.717) is 24.3 Å². The van der Waals surface area contributed by atoms with E-state index < -0.39 is 0 Å². The molecule has 2 aliphatic heterocycles. The third-order valence-electron chi connectivity index (χ3n) is 3.63. The Hall–Kier alpha value is -1.62. The highest BCUT2D eigenvalue weighted by Crippen LogP contribution is 2.27. The van der Waals surface area contributed by atoms with Crippen LogP contribution >= 0.6 is 0 Å². The second kappa shape index (κ2) is 4.24. The number of hydrogen-bond acceptors (Lipinski definition) is 4. The normalized spacial score (nSPS) is 26.4. The van der Waals surface area contributed by atoms with Gasteiger partial charge in [0.25, 0.3) is 5.91 Å². The van der Waals surface area contributed by atoms with Crippen molar-refractivity contribution in [3.8, 4) is 0 Å². The zero-order valence-corrected chi connectivity index (χ0v) is 10.4. The van der Waals surface area contributed by atoms with E-state index in [2.05, 4.69) is 4.98 Å². The van der Waals surface area contributed by atoms with Crippen molar-refractivity contribution >= 4 is 11.6 Å². The van der Waals surface area contributed by atoms with Gasteiger partial charge in [0.1, 0.15) is 0 Å². The summed E-state index contributed by atoms with van der Waals surface area (Å²) in [4.78, 5) is 18.4. The molecule has 1 aromatic heterocycles. The molecule has 0 radical (unpaired) electrons. The molecule has 1 aromatic rings. The van der Waals surface area contributed by atoms with Gasteiger partial charge in [-0.05, 0) is 25.8 Å². The van der Waals surface area contributed by atoms with Crippen LogP contribution in [0.3, 0.4) is 0 Å². The number of rotatable bonds is 1. The molecule has 2 N–H and O–H groups in total. The van der Waals surface area contributed by atoms with Crippen LogP contribution in [0.4, 0.5) is 5.69 Å². The molecular formula is C13H17N3O2. The Morgan fingerprint density at radius 3 is 2.72 bits per heavy atom. The summed E-state index contributed by atoms with van der Waals surface area (Å²) >= 11 is 0. The number of fused-ring (bicyclic) bond motifs is 2. The summed E-state index contributed by atoms with van der Waals surface area (Å²) in [5, 5.41) is 0. The SMILES string of the molecule is Cc1cc(N)c(C(=O)N2CC3CCC(C2)O3)cn1. The first kappa shape index (κ1) is 11.5.